The van der Waals surface area contributed by atoms with Crippen LogP contribution in [0.5, 0.6) is 5.75 Å². The Morgan fingerprint density at radius 2 is 1.67 bits per heavy atom. The number of benzene rings is 2. The topological polar surface area (TPSA) is 53.1 Å². The van der Waals surface area contributed by atoms with E-state index in [0.717, 1.165) is 6.29 Å². The monoisotopic (exact) mass is 239 g/mol. The summed E-state index contributed by atoms with van der Waals surface area (Å²) in [7, 11) is 0. The number of para-hydroxylation sites is 1. The fourth-order valence-corrected chi connectivity index (χ4v) is 1.55. The maximum atomic E-state index is 10.0. The van der Waals surface area contributed by atoms with Crippen molar-refractivity contribution in [3.8, 4) is 5.75 Å². The average molecular weight is 239 g/mol. The van der Waals surface area contributed by atoms with Gasteiger partial charge in [-0.2, -0.15) is 0 Å². The largest absolute Gasteiger partial charge is 0.508 e. The van der Waals surface area contributed by atoms with Crippen LogP contribution in [0.3, 0.4) is 0 Å². The van der Waals surface area contributed by atoms with Crippen molar-refractivity contribution in [2.75, 3.05) is 0 Å². The third-order valence-corrected chi connectivity index (χ3v) is 2.49. The molecule has 18 heavy (non-hydrogen) atoms. The molecule has 0 fully saturated rings. The van der Waals surface area contributed by atoms with E-state index in [1.165, 1.54) is 23.0 Å². The quantitative estimate of drug-likeness (QED) is 0.640. The average Bonchev–Trinajstić information content (AvgIpc) is 2.89. The van der Waals surface area contributed by atoms with Crippen molar-refractivity contribution in [1.82, 2.24) is 4.98 Å². The summed E-state index contributed by atoms with van der Waals surface area (Å²) in [6.07, 6.45) is 2.68. The standard InChI is InChI=1S/C8H7N.C7H6O2/c1-2-4-8-7(3-1)5-6-9-8;8-5-6-1-3-7(9)4-2-6/h1-6,9H;1-5,9H. The molecule has 0 bridgehead atoms. The second-order valence-corrected chi connectivity index (χ2v) is 3.77. The lowest BCUT2D eigenvalue weighted by Crippen LogP contribution is -1.74. The SMILES string of the molecule is O=Cc1ccc(O)cc1.c1ccc2[nH]ccc2c1. The fourth-order valence-electron chi connectivity index (χ4n) is 1.55. The number of phenols is 1. The number of aldehydes is 1. The zero-order chi connectivity index (χ0) is 12.8. The third kappa shape index (κ3) is 2.98. The molecule has 0 spiro atoms. The van der Waals surface area contributed by atoms with Crippen LogP contribution in [-0.2, 0) is 0 Å². The van der Waals surface area contributed by atoms with E-state index in [0.29, 0.717) is 5.56 Å². The molecule has 0 unspecified atom stereocenters. The predicted octanol–water partition coefficient (Wildman–Crippen LogP) is 3.37. The number of nitrogens with one attached hydrogen (secondary N) is 1. The van der Waals surface area contributed by atoms with Gasteiger partial charge in [-0.3, -0.25) is 4.79 Å². The second-order valence-electron chi connectivity index (χ2n) is 3.77. The first-order chi connectivity index (χ1) is 8.79. The van der Waals surface area contributed by atoms with Gasteiger partial charge in [0.1, 0.15) is 12.0 Å². The molecular weight excluding hydrogens is 226 g/mol. The van der Waals surface area contributed by atoms with E-state index in [4.69, 9.17) is 5.11 Å². The van der Waals surface area contributed by atoms with Crippen LogP contribution in [0.2, 0.25) is 0 Å². The third-order valence-electron chi connectivity index (χ3n) is 2.49. The smallest absolute Gasteiger partial charge is 0.150 e. The number of aromatic nitrogens is 1. The van der Waals surface area contributed by atoms with E-state index in [2.05, 4.69) is 23.2 Å². The molecule has 0 amide bonds. The molecule has 2 aromatic carbocycles. The highest BCUT2D eigenvalue weighted by molar-refractivity contribution is 5.78. The normalized spacial score (nSPS) is 9.56. The van der Waals surface area contributed by atoms with E-state index in [-0.39, 0.29) is 5.75 Å². The second kappa shape index (κ2) is 5.68. The molecule has 3 aromatic rings. The maximum absolute atomic E-state index is 10.0. The molecule has 0 atom stereocenters. The van der Waals surface area contributed by atoms with Crippen LogP contribution < -0.4 is 0 Å². The molecular formula is C15H13NO2. The van der Waals surface area contributed by atoms with Gasteiger partial charge in [0.05, 0.1) is 0 Å². The summed E-state index contributed by atoms with van der Waals surface area (Å²) in [6, 6.07) is 16.4. The zero-order valence-electron chi connectivity index (χ0n) is 9.71. The van der Waals surface area contributed by atoms with E-state index >= 15 is 0 Å². The Morgan fingerprint density at radius 3 is 2.33 bits per heavy atom. The molecule has 0 saturated heterocycles. The van der Waals surface area contributed by atoms with Gasteiger partial charge in [-0.05, 0) is 41.8 Å². The highest BCUT2D eigenvalue weighted by Gasteiger charge is 1.87. The van der Waals surface area contributed by atoms with Crippen LogP contribution in [0.4, 0.5) is 0 Å². The summed E-state index contributed by atoms with van der Waals surface area (Å²) in [6.45, 7) is 0. The summed E-state index contributed by atoms with van der Waals surface area (Å²) in [4.78, 5) is 13.2. The van der Waals surface area contributed by atoms with Crippen molar-refractivity contribution in [3.05, 3.63) is 66.4 Å². The molecule has 1 heterocycles. The van der Waals surface area contributed by atoms with Crippen LogP contribution in [0.1, 0.15) is 10.4 Å². The Bertz CT molecular complexity index is 596. The lowest BCUT2D eigenvalue weighted by Gasteiger charge is -1.88. The van der Waals surface area contributed by atoms with E-state index in [1.807, 2.05) is 18.3 Å². The van der Waals surface area contributed by atoms with Gasteiger partial charge in [-0.15, -0.1) is 0 Å². The van der Waals surface area contributed by atoms with Crippen molar-refractivity contribution < 1.29 is 9.90 Å². The minimum atomic E-state index is 0.181. The van der Waals surface area contributed by atoms with Crippen molar-refractivity contribution >= 4 is 17.2 Å². The summed E-state index contributed by atoms with van der Waals surface area (Å²) in [5.74, 6) is 0.181. The molecule has 0 aliphatic heterocycles. The summed E-state index contributed by atoms with van der Waals surface area (Å²) in [5, 5.41) is 10.0. The van der Waals surface area contributed by atoms with Crippen LogP contribution >= 0.6 is 0 Å². The molecule has 0 saturated carbocycles. The number of aromatic amines is 1. The molecule has 3 heteroatoms. The molecule has 0 aliphatic carbocycles. The summed E-state index contributed by atoms with van der Waals surface area (Å²) in [5.41, 5.74) is 1.78. The van der Waals surface area contributed by atoms with Gasteiger partial charge in [0.15, 0.2) is 0 Å². The lowest BCUT2D eigenvalue weighted by atomic mass is 10.2. The Labute approximate surface area is 105 Å². The van der Waals surface area contributed by atoms with Gasteiger partial charge in [0, 0.05) is 17.3 Å². The number of H-pyrrole nitrogens is 1. The highest BCUT2D eigenvalue weighted by atomic mass is 16.3. The number of carbonyl (C=O) groups is 1. The van der Waals surface area contributed by atoms with Gasteiger partial charge in [-0.25, -0.2) is 0 Å². The van der Waals surface area contributed by atoms with Gasteiger partial charge >= 0.3 is 0 Å². The molecule has 1 aromatic heterocycles. The number of fused-ring (bicyclic) bond motifs is 1. The van der Waals surface area contributed by atoms with Crippen LogP contribution in [-0.4, -0.2) is 16.4 Å². The Morgan fingerprint density at radius 1 is 0.944 bits per heavy atom. The fraction of sp³-hybridized carbons (Fsp3) is 0. The van der Waals surface area contributed by atoms with Crippen molar-refractivity contribution in [1.29, 1.82) is 0 Å². The molecule has 90 valence electrons. The minimum Gasteiger partial charge on any atom is -0.508 e. The maximum Gasteiger partial charge on any atom is 0.150 e. The van der Waals surface area contributed by atoms with Crippen molar-refractivity contribution in [2.24, 2.45) is 0 Å². The van der Waals surface area contributed by atoms with Crippen LogP contribution in [0, 0.1) is 0 Å². The summed E-state index contributed by atoms with van der Waals surface area (Å²) < 4.78 is 0. The highest BCUT2D eigenvalue weighted by Crippen LogP contribution is 2.09. The Hall–Kier alpha value is -2.55. The van der Waals surface area contributed by atoms with E-state index in [1.54, 1.807) is 12.1 Å². The van der Waals surface area contributed by atoms with E-state index in [9.17, 15) is 4.79 Å². The van der Waals surface area contributed by atoms with E-state index < -0.39 is 0 Å². The minimum absolute atomic E-state index is 0.181. The van der Waals surface area contributed by atoms with Crippen molar-refractivity contribution in [2.45, 2.75) is 0 Å². The zero-order valence-corrected chi connectivity index (χ0v) is 9.71. The predicted molar refractivity (Wildman–Crippen MR) is 71.8 cm³/mol. The first kappa shape index (κ1) is 11.9. The van der Waals surface area contributed by atoms with Crippen LogP contribution in [0.25, 0.3) is 10.9 Å². The number of aromatic hydroxyl groups is 1. The molecule has 3 nitrogen and oxygen atoms in total. The Balaban J connectivity index is 0.000000134. The molecule has 2 N–H and O–H groups in total. The summed E-state index contributed by atoms with van der Waals surface area (Å²) >= 11 is 0. The number of hydrogen-bond donors (Lipinski definition) is 2. The molecule has 0 aliphatic rings. The number of hydrogen-bond acceptors (Lipinski definition) is 2. The van der Waals surface area contributed by atoms with Crippen molar-refractivity contribution in [3.63, 3.8) is 0 Å². The Kier molecular flexibility index (Phi) is 3.76. The lowest BCUT2D eigenvalue weighted by molar-refractivity contribution is 0.112. The number of rotatable bonds is 1. The molecule has 3 rings (SSSR count). The van der Waals surface area contributed by atoms with Gasteiger partial charge < -0.3 is 10.1 Å². The van der Waals surface area contributed by atoms with Gasteiger partial charge in [-0.1, -0.05) is 18.2 Å². The molecule has 0 radical (unpaired) electrons. The van der Waals surface area contributed by atoms with Gasteiger partial charge in [0.25, 0.3) is 0 Å². The number of phenolic OH excluding ortho intramolecular Hbond substituents is 1. The number of carbonyl (C=O) groups excluding carboxylic acids is 1. The van der Waals surface area contributed by atoms with Crippen LogP contribution in [0.15, 0.2) is 60.8 Å². The first-order valence-electron chi connectivity index (χ1n) is 5.56. The first-order valence-corrected chi connectivity index (χ1v) is 5.56. The van der Waals surface area contributed by atoms with Gasteiger partial charge in [0.2, 0.25) is 0 Å².